The molecule has 3 aromatic carbocycles. The molecule has 1 amide bonds. The van der Waals surface area contributed by atoms with Crippen LogP contribution in [0.15, 0.2) is 101 Å². The van der Waals surface area contributed by atoms with Crippen molar-refractivity contribution in [1.82, 2.24) is 5.01 Å². The van der Waals surface area contributed by atoms with Gasteiger partial charge in [-0.2, -0.15) is 10.4 Å². The zero-order valence-corrected chi connectivity index (χ0v) is 19.8. The van der Waals surface area contributed by atoms with Gasteiger partial charge in [-0.25, -0.2) is 5.01 Å². The number of hydrogen-bond acceptors (Lipinski definition) is 3. The van der Waals surface area contributed by atoms with E-state index in [0.717, 1.165) is 47.2 Å². The molecule has 0 radical (unpaired) electrons. The molecule has 2 atom stereocenters. The fraction of sp³-hybridized carbons (Fsp3) is 0.194. The van der Waals surface area contributed by atoms with Crippen molar-refractivity contribution in [1.29, 1.82) is 5.26 Å². The Morgan fingerprint density at radius 2 is 1.66 bits per heavy atom. The number of nitriles is 1. The molecule has 1 heterocycles. The standard InChI is InChI=1S/C31H27N3O/c1-22-15-17-24(18-16-22)20-27(21-32)31(35)34-30(25-11-6-3-7-12-25)28-14-8-13-26(29(28)33-34)19-23-9-4-2-5-10-23/h2-7,9-12,15-20,28,30H,8,13-14H2,1H3/b26-19+,27-20-/t28-,30-/m1/s1. The van der Waals surface area contributed by atoms with E-state index in [1.807, 2.05) is 79.7 Å². The van der Waals surface area contributed by atoms with E-state index >= 15 is 0 Å². The van der Waals surface area contributed by atoms with Crippen LogP contribution < -0.4 is 0 Å². The van der Waals surface area contributed by atoms with E-state index in [4.69, 9.17) is 5.10 Å². The Labute approximate surface area is 206 Å². The van der Waals surface area contributed by atoms with Gasteiger partial charge in [0.25, 0.3) is 5.91 Å². The van der Waals surface area contributed by atoms with Gasteiger partial charge in [0, 0.05) is 5.92 Å². The maximum atomic E-state index is 13.7. The summed E-state index contributed by atoms with van der Waals surface area (Å²) in [7, 11) is 0. The first-order valence-corrected chi connectivity index (χ1v) is 12.1. The molecule has 1 fully saturated rings. The number of benzene rings is 3. The average Bonchev–Trinajstić information content (AvgIpc) is 3.30. The number of carbonyl (C=O) groups excluding carboxylic acids is 1. The summed E-state index contributed by atoms with van der Waals surface area (Å²) >= 11 is 0. The van der Waals surface area contributed by atoms with E-state index in [2.05, 4.69) is 24.3 Å². The van der Waals surface area contributed by atoms with Gasteiger partial charge in [-0.1, -0.05) is 90.5 Å². The average molecular weight is 458 g/mol. The van der Waals surface area contributed by atoms with Crippen LogP contribution in [0.25, 0.3) is 12.2 Å². The van der Waals surface area contributed by atoms with E-state index in [1.54, 1.807) is 11.1 Å². The number of rotatable bonds is 4. The molecule has 0 saturated heterocycles. The van der Waals surface area contributed by atoms with Gasteiger partial charge in [-0.15, -0.1) is 0 Å². The summed E-state index contributed by atoms with van der Waals surface area (Å²) in [6.07, 6.45) is 6.77. The maximum Gasteiger partial charge on any atom is 0.285 e. The van der Waals surface area contributed by atoms with Crippen molar-refractivity contribution in [2.24, 2.45) is 11.0 Å². The molecular formula is C31H27N3O. The fourth-order valence-corrected chi connectivity index (χ4v) is 5.00. The summed E-state index contributed by atoms with van der Waals surface area (Å²) in [5.74, 6) is -0.257. The lowest BCUT2D eigenvalue weighted by Crippen LogP contribution is -2.32. The van der Waals surface area contributed by atoms with Crippen LogP contribution in [0.4, 0.5) is 0 Å². The molecule has 0 bridgehead atoms. The Morgan fingerprint density at radius 1 is 0.971 bits per heavy atom. The van der Waals surface area contributed by atoms with Crippen molar-refractivity contribution in [3.8, 4) is 6.07 Å². The van der Waals surface area contributed by atoms with Crippen LogP contribution in [0, 0.1) is 24.2 Å². The summed E-state index contributed by atoms with van der Waals surface area (Å²) in [6, 6.07) is 30.0. The van der Waals surface area contributed by atoms with Crippen LogP contribution in [-0.2, 0) is 4.79 Å². The molecule has 0 spiro atoms. The van der Waals surface area contributed by atoms with Gasteiger partial charge in [-0.3, -0.25) is 4.79 Å². The van der Waals surface area contributed by atoms with Crippen LogP contribution in [0.2, 0.25) is 0 Å². The first-order chi connectivity index (χ1) is 17.1. The monoisotopic (exact) mass is 457 g/mol. The summed E-state index contributed by atoms with van der Waals surface area (Å²) in [5.41, 5.74) is 6.35. The predicted octanol–water partition coefficient (Wildman–Crippen LogP) is 6.73. The van der Waals surface area contributed by atoms with E-state index in [-0.39, 0.29) is 23.4 Å². The molecule has 0 aromatic heterocycles. The number of fused-ring (bicyclic) bond motifs is 1. The highest BCUT2D eigenvalue weighted by molar-refractivity contribution is 6.10. The number of nitrogens with zero attached hydrogens (tertiary/aromatic N) is 3. The summed E-state index contributed by atoms with van der Waals surface area (Å²) < 4.78 is 0. The molecule has 1 aliphatic heterocycles. The highest BCUT2D eigenvalue weighted by atomic mass is 16.2. The molecule has 1 aliphatic carbocycles. The minimum atomic E-state index is -0.358. The second kappa shape index (κ2) is 9.95. The fourth-order valence-electron chi connectivity index (χ4n) is 5.00. The van der Waals surface area contributed by atoms with E-state index < -0.39 is 0 Å². The Kier molecular flexibility index (Phi) is 6.41. The second-order valence-electron chi connectivity index (χ2n) is 9.15. The SMILES string of the molecule is Cc1ccc(/C=C(/C#N)C(=O)N2N=C3/C(=C/c4ccccc4)CCC[C@H]3[C@H]2c2ccccc2)cc1. The van der Waals surface area contributed by atoms with Crippen molar-refractivity contribution in [2.75, 3.05) is 0 Å². The normalized spacial score (nSPS) is 20.8. The van der Waals surface area contributed by atoms with Gasteiger partial charge < -0.3 is 0 Å². The molecule has 0 N–H and O–H groups in total. The van der Waals surface area contributed by atoms with Gasteiger partial charge in [0.1, 0.15) is 11.6 Å². The number of aryl methyl sites for hydroxylation is 1. The Bertz CT molecular complexity index is 1350. The van der Waals surface area contributed by atoms with E-state index in [1.165, 1.54) is 5.57 Å². The molecule has 5 rings (SSSR count). The number of amides is 1. The molecule has 4 heteroatoms. The molecule has 1 saturated carbocycles. The lowest BCUT2D eigenvalue weighted by Gasteiger charge is -2.29. The van der Waals surface area contributed by atoms with E-state index in [9.17, 15) is 10.1 Å². The smallest absolute Gasteiger partial charge is 0.266 e. The van der Waals surface area contributed by atoms with Crippen LogP contribution in [0.1, 0.15) is 47.6 Å². The Balaban J connectivity index is 1.56. The van der Waals surface area contributed by atoms with Crippen molar-refractivity contribution in [3.05, 3.63) is 118 Å². The maximum absolute atomic E-state index is 13.7. The molecule has 0 unspecified atom stereocenters. The van der Waals surface area contributed by atoms with Crippen molar-refractivity contribution < 1.29 is 4.79 Å². The molecule has 2 aliphatic rings. The highest BCUT2D eigenvalue weighted by Gasteiger charge is 2.44. The van der Waals surface area contributed by atoms with Gasteiger partial charge >= 0.3 is 0 Å². The summed E-state index contributed by atoms with van der Waals surface area (Å²) in [4.78, 5) is 13.7. The van der Waals surface area contributed by atoms with Crippen LogP contribution in [-0.4, -0.2) is 16.6 Å². The van der Waals surface area contributed by atoms with E-state index in [0.29, 0.717) is 0 Å². The van der Waals surface area contributed by atoms with Crippen molar-refractivity contribution >= 4 is 23.8 Å². The third kappa shape index (κ3) is 4.72. The zero-order valence-electron chi connectivity index (χ0n) is 19.8. The third-order valence-electron chi connectivity index (χ3n) is 6.73. The zero-order chi connectivity index (χ0) is 24.2. The van der Waals surface area contributed by atoms with Crippen molar-refractivity contribution in [2.45, 2.75) is 32.2 Å². The third-order valence-corrected chi connectivity index (χ3v) is 6.73. The van der Waals surface area contributed by atoms with Gasteiger partial charge in [-0.05, 0) is 60.6 Å². The van der Waals surface area contributed by atoms with Crippen molar-refractivity contribution in [3.63, 3.8) is 0 Å². The topological polar surface area (TPSA) is 56.5 Å². The van der Waals surface area contributed by atoms with Crippen LogP contribution in [0.3, 0.4) is 0 Å². The van der Waals surface area contributed by atoms with Crippen LogP contribution >= 0.6 is 0 Å². The van der Waals surface area contributed by atoms with Crippen LogP contribution in [0.5, 0.6) is 0 Å². The number of allylic oxidation sites excluding steroid dienone is 1. The predicted molar refractivity (Wildman–Crippen MR) is 140 cm³/mol. The quantitative estimate of drug-likeness (QED) is 0.322. The minimum absolute atomic E-state index is 0.0892. The summed E-state index contributed by atoms with van der Waals surface area (Å²) in [6.45, 7) is 2.01. The first-order valence-electron chi connectivity index (χ1n) is 12.1. The summed E-state index contributed by atoms with van der Waals surface area (Å²) in [5, 5.41) is 16.4. The molecule has 3 aromatic rings. The minimum Gasteiger partial charge on any atom is -0.266 e. The number of hydrazone groups is 1. The molecular weight excluding hydrogens is 430 g/mol. The second-order valence-corrected chi connectivity index (χ2v) is 9.15. The first kappa shape index (κ1) is 22.6. The largest absolute Gasteiger partial charge is 0.285 e. The van der Waals surface area contributed by atoms with Gasteiger partial charge in [0.05, 0.1) is 11.8 Å². The Hall–Kier alpha value is -4.23. The number of hydrogen-bond donors (Lipinski definition) is 0. The van der Waals surface area contributed by atoms with Gasteiger partial charge in [0.15, 0.2) is 0 Å². The molecule has 35 heavy (non-hydrogen) atoms. The number of carbonyl (C=O) groups is 1. The highest BCUT2D eigenvalue weighted by Crippen LogP contribution is 2.44. The lowest BCUT2D eigenvalue weighted by molar-refractivity contribution is -0.129. The Morgan fingerprint density at radius 3 is 2.34 bits per heavy atom. The van der Waals surface area contributed by atoms with Gasteiger partial charge in [0.2, 0.25) is 0 Å². The molecule has 4 nitrogen and oxygen atoms in total. The lowest BCUT2D eigenvalue weighted by atomic mass is 9.77. The molecule has 172 valence electrons.